The van der Waals surface area contributed by atoms with Gasteiger partial charge >= 0.3 is 0 Å². The zero-order chi connectivity index (χ0) is 14.4. The second-order valence-corrected chi connectivity index (χ2v) is 5.14. The van der Waals surface area contributed by atoms with E-state index >= 15 is 0 Å². The molecule has 0 bridgehead atoms. The van der Waals surface area contributed by atoms with Gasteiger partial charge in [-0.2, -0.15) is 0 Å². The number of hydrogen-bond donors (Lipinski definition) is 1. The summed E-state index contributed by atoms with van der Waals surface area (Å²) in [4.78, 5) is 0. The SMILES string of the molecule is COc1ccc2cc(CNCCOC(C)C)ccc2c1. The summed E-state index contributed by atoms with van der Waals surface area (Å²) in [7, 11) is 1.69. The van der Waals surface area contributed by atoms with Gasteiger partial charge in [0.2, 0.25) is 0 Å². The molecule has 0 unspecified atom stereocenters. The molecule has 0 aromatic heterocycles. The number of nitrogens with one attached hydrogen (secondary N) is 1. The van der Waals surface area contributed by atoms with Crippen LogP contribution in [0.25, 0.3) is 10.8 Å². The van der Waals surface area contributed by atoms with Gasteiger partial charge in [0, 0.05) is 13.1 Å². The molecule has 108 valence electrons. The number of fused-ring (bicyclic) bond motifs is 1. The summed E-state index contributed by atoms with van der Waals surface area (Å²) in [5, 5.41) is 5.84. The van der Waals surface area contributed by atoms with Crippen LogP contribution in [0.3, 0.4) is 0 Å². The van der Waals surface area contributed by atoms with Crippen LogP contribution in [0.2, 0.25) is 0 Å². The smallest absolute Gasteiger partial charge is 0.119 e. The Kier molecular flexibility index (Phi) is 5.39. The molecule has 2 aromatic rings. The van der Waals surface area contributed by atoms with E-state index in [0.717, 1.165) is 25.4 Å². The van der Waals surface area contributed by atoms with Gasteiger partial charge in [-0.05, 0) is 48.4 Å². The van der Waals surface area contributed by atoms with Crippen LogP contribution >= 0.6 is 0 Å². The maximum Gasteiger partial charge on any atom is 0.119 e. The highest BCUT2D eigenvalue weighted by Crippen LogP contribution is 2.21. The highest BCUT2D eigenvalue weighted by molar-refractivity contribution is 5.84. The quantitative estimate of drug-likeness (QED) is 0.785. The second-order valence-electron chi connectivity index (χ2n) is 5.14. The maximum absolute atomic E-state index is 5.50. The van der Waals surface area contributed by atoms with Crippen molar-refractivity contribution in [1.82, 2.24) is 5.32 Å². The molecule has 20 heavy (non-hydrogen) atoms. The molecule has 0 amide bonds. The number of benzene rings is 2. The van der Waals surface area contributed by atoms with Gasteiger partial charge in [0.05, 0.1) is 19.8 Å². The zero-order valence-corrected chi connectivity index (χ0v) is 12.5. The van der Waals surface area contributed by atoms with Crippen molar-refractivity contribution in [1.29, 1.82) is 0 Å². The molecule has 2 rings (SSSR count). The maximum atomic E-state index is 5.50. The lowest BCUT2D eigenvalue weighted by atomic mass is 10.1. The van der Waals surface area contributed by atoms with Gasteiger partial charge < -0.3 is 14.8 Å². The fraction of sp³-hybridized carbons (Fsp3) is 0.412. The van der Waals surface area contributed by atoms with Crippen molar-refractivity contribution >= 4 is 10.8 Å². The lowest BCUT2D eigenvalue weighted by molar-refractivity contribution is 0.0807. The standard InChI is InChI=1S/C17H23NO2/c1-13(2)20-9-8-18-12-14-4-5-16-11-17(19-3)7-6-15(16)10-14/h4-7,10-11,13,18H,8-9,12H2,1-3H3. The van der Waals surface area contributed by atoms with Gasteiger partial charge in [-0.3, -0.25) is 0 Å². The number of hydrogen-bond acceptors (Lipinski definition) is 3. The topological polar surface area (TPSA) is 30.5 Å². The van der Waals surface area contributed by atoms with E-state index in [4.69, 9.17) is 9.47 Å². The van der Waals surface area contributed by atoms with Crippen molar-refractivity contribution < 1.29 is 9.47 Å². The van der Waals surface area contributed by atoms with E-state index in [9.17, 15) is 0 Å². The summed E-state index contributed by atoms with van der Waals surface area (Å²) in [6, 6.07) is 12.7. The van der Waals surface area contributed by atoms with E-state index in [1.165, 1.54) is 16.3 Å². The third-order valence-corrected chi connectivity index (χ3v) is 3.17. The second kappa shape index (κ2) is 7.27. The highest BCUT2D eigenvalue weighted by Gasteiger charge is 1.99. The molecule has 0 fully saturated rings. The minimum atomic E-state index is 0.299. The Morgan fingerprint density at radius 3 is 2.55 bits per heavy atom. The average molecular weight is 273 g/mol. The van der Waals surface area contributed by atoms with Crippen LogP contribution in [-0.4, -0.2) is 26.4 Å². The number of methoxy groups -OCH3 is 1. The van der Waals surface area contributed by atoms with Crippen LogP contribution in [-0.2, 0) is 11.3 Å². The molecule has 0 aliphatic heterocycles. The van der Waals surface area contributed by atoms with Gasteiger partial charge in [0.15, 0.2) is 0 Å². The molecule has 0 atom stereocenters. The lowest BCUT2D eigenvalue weighted by Gasteiger charge is -2.09. The summed E-state index contributed by atoms with van der Waals surface area (Å²) >= 11 is 0. The first-order valence-corrected chi connectivity index (χ1v) is 7.08. The molecule has 3 heteroatoms. The molecule has 0 aliphatic carbocycles. The Morgan fingerprint density at radius 1 is 1.05 bits per heavy atom. The predicted octanol–water partition coefficient (Wildman–Crippen LogP) is 3.36. The van der Waals surface area contributed by atoms with Crippen molar-refractivity contribution in [3.63, 3.8) is 0 Å². The Balaban J connectivity index is 1.91. The number of ether oxygens (including phenoxy) is 2. The average Bonchev–Trinajstić information content (AvgIpc) is 2.46. The minimum absolute atomic E-state index is 0.299. The van der Waals surface area contributed by atoms with Crippen LogP contribution in [0.5, 0.6) is 5.75 Å². The van der Waals surface area contributed by atoms with Crippen LogP contribution in [0.1, 0.15) is 19.4 Å². The Labute approximate surface area is 120 Å². The van der Waals surface area contributed by atoms with E-state index in [-0.39, 0.29) is 0 Å². The zero-order valence-electron chi connectivity index (χ0n) is 12.5. The third-order valence-electron chi connectivity index (χ3n) is 3.17. The van der Waals surface area contributed by atoms with Crippen molar-refractivity contribution in [3.8, 4) is 5.75 Å². The molecule has 0 spiro atoms. The van der Waals surface area contributed by atoms with Crippen LogP contribution in [0.4, 0.5) is 0 Å². The fourth-order valence-corrected chi connectivity index (χ4v) is 2.11. The first kappa shape index (κ1) is 14.8. The monoisotopic (exact) mass is 273 g/mol. The first-order chi connectivity index (χ1) is 9.69. The summed E-state index contributed by atoms with van der Waals surface area (Å²) in [6.45, 7) is 6.60. The summed E-state index contributed by atoms with van der Waals surface area (Å²) in [5.74, 6) is 0.897. The first-order valence-electron chi connectivity index (χ1n) is 7.08. The van der Waals surface area contributed by atoms with Crippen LogP contribution < -0.4 is 10.1 Å². The Hall–Kier alpha value is -1.58. The fourth-order valence-electron chi connectivity index (χ4n) is 2.11. The predicted molar refractivity (Wildman–Crippen MR) is 83.3 cm³/mol. The van der Waals surface area contributed by atoms with Crippen LogP contribution in [0, 0.1) is 0 Å². The lowest BCUT2D eigenvalue weighted by Crippen LogP contribution is -2.20. The third kappa shape index (κ3) is 4.22. The molecule has 0 saturated heterocycles. The Bertz CT molecular complexity index is 552. The summed E-state index contributed by atoms with van der Waals surface area (Å²) < 4.78 is 10.7. The molecule has 0 saturated carbocycles. The Morgan fingerprint density at radius 2 is 1.80 bits per heavy atom. The van der Waals surface area contributed by atoms with Crippen molar-refractivity contribution in [2.24, 2.45) is 0 Å². The molecule has 0 radical (unpaired) electrons. The molecule has 0 heterocycles. The van der Waals surface area contributed by atoms with Gasteiger partial charge in [-0.25, -0.2) is 0 Å². The highest BCUT2D eigenvalue weighted by atomic mass is 16.5. The van der Waals surface area contributed by atoms with Gasteiger partial charge in [-0.1, -0.05) is 18.2 Å². The minimum Gasteiger partial charge on any atom is -0.497 e. The molecular formula is C17H23NO2. The van der Waals surface area contributed by atoms with Crippen molar-refractivity contribution in [3.05, 3.63) is 42.0 Å². The molecule has 3 nitrogen and oxygen atoms in total. The van der Waals surface area contributed by atoms with Crippen LogP contribution in [0.15, 0.2) is 36.4 Å². The molecule has 1 N–H and O–H groups in total. The van der Waals surface area contributed by atoms with E-state index in [1.54, 1.807) is 7.11 Å². The summed E-state index contributed by atoms with van der Waals surface area (Å²) in [6.07, 6.45) is 0.299. The molecular weight excluding hydrogens is 250 g/mol. The van der Waals surface area contributed by atoms with Gasteiger partial charge in [-0.15, -0.1) is 0 Å². The normalized spacial score (nSPS) is 11.2. The van der Waals surface area contributed by atoms with E-state index in [0.29, 0.717) is 6.10 Å². The molecule has 0 aliphatic rings. The largest absolute Gasteiger partial charge is 0.497 e. The van der Waals surface area contributed by atoms with E-state index in [2.05, 4.69) is 49.5 Å². The number of rotatable bonds is 7. The van der Waals surface area contributed by atoms with Gasteiger partial charge in [0.25, 0.3) is 0 Å². The van der Waals surface area contributed by atoms with E-state index in [1.807, 2.05) is 6.07 Å². The van der Waals surface area contributed by atoms with Crippen molar-refractivity contribution in [2.75, 3.05) is 20.3 Å². The molecule has 2 aromatic carbocycles. The van der Waals surface area contributed by atoms with Crippen molar-refractivity contribution in [2.45, 2.75) is 26.5 Å². The summed E-state index contributed by atoms with van der Waals surface area (Å²) in [5.41, 5.74) is 1.28. The van der Waals surface area contributed by atoms with E-state index < -0.39 is 0 Å². The van der Waals surface area contributed by atoms with Gasteiger partial charge in [0.1, 0.15) is 5.75 Å².